The summed E-state index contributed by atoms with van der Waals surface area (Å²) in [6.07, 6.45) is -11.1. The van der Waals surface area contributed by atoms with Gasteiger partial charge in [-0.2, -0.15) is 0 Å². The van der Waals surface area contributed by atoms with Gasteiger partial charge >= 0.3 is 0 Å². The van der Waals surface area contributed by atoms with Crippen molar-refractivity contribution in [3.63, 3.8) is 0 Å². The van der Waals surface area contributed by atoms with Gasteiger partial charge in [0.2, 0.25) is 0 Å². The number of aliphatic hydroxyl groups is 8. The third kappa shape index (κ3) is 3.92. The second-order valence-electron chi connectivity index (χ2n) is 3.46. The first-order valence-corrected chi connectivity index (χ1v) is 4.66. The van der Waals surface area contributed by atoms with Crippen LogP contribution in [0.1, 0.15) is 0 Å². The van der Waals surface area contributed by atoms with Crippen molar-refractivity contribution in [2.75, 3.05) is 13.2 Å². The molecule has 0 aliphatic carbocycles. The van der Waals surface area contributed by atoms with Crippen molar-refractivity contribution in [3.8, 4) is 0 Å². The first-order valence-electron chi connectivity index (χ1n) is 4.66. The highest BCUT2D eigenvalue weighted by atomic mass is 16.4. The third-order valence-corrected chi connectivity index (χ3v) is 2.21. The Morgan fingerprint density at radius 1 is 0.500 bits per heavy atom. The first-order chi connectivity index (χ1) is 7.36. The minimum atomic E-state index is -1.97. The summed E-state index contributed by atoms with van der Waals surface area (Å²) in [5.41, 5.74) is 0. The topological polar surface area (TPSA) is 162 Å². The first kappa shape index (κ1) is 15.7. The fourth-order valence-corrected chi connectivity index (χ4v) is 1.08. The molecular formula is C8H18O8. The maximum atomic E-state index is 9.28. The molecule has 0 radical (unpaired) electrons. The third-order valence-electron chi connectivity index (χ3n) is 2.21. The van der Waals surface area contributed by atoms with Crippen molar-refractivity contribution in [1.29, 1.82) is 0 Å². The van der Waals surface area contributed by atoms with Crippen LogP contribution in [-0.2, 0) is 0 Å². The quantitative estimate of drug-likeness (QED) is 0.220. The Labute approximate surface area is 91.6 Å². The van der Waals surface area contributed by atoms with Gasteiger partial charge in [0, 0.05) is 0 Å². The lowest BCUT2D eigenvalue weighted by Crippen LogP contribution is -2.53. The molecule has 0 aliphatic rings. The predicted molar refractivity (Wildman–Crippen MR) is 50.2 cm³/mol. The van der Waals surface area contributed by atoms with Crippen LogP contribution in [0.5, 0.6) is 0 Å². The van der Waals surface area contributed by atoms with Crippen molar-refractivity contribution in [2.45, 2.75) is 36.6 Å². The fourth-order valence-electron chi connectivity index (χ4n) is 1.08. The van der Waals surface area contributed by atoms with E-state index in [2.05, 4.69) is 0 Å². The highest BCUT2D eigenvalue weighted by Gasteiger charge is 2.36. The summed E-state index contributed by atoms with van der Waals surface area (Å²) in [6.45, 7) is -1.69. The van der Waals surface area contributed by atoms with Crippen LogP contribution in [0.15, 0.2) is 0 Å². The van der Waals surface area contributed by atoms with Crippen molar-refractivity contribution in [3.05, 3.63) is 0 Å². The summed E-state index contributed by atoms with van der Waals surface area (Å²) in [7, 11) is 0. The SMILES string of the molecule is OC[C@@H](O)[C@H](O)[C@H](O)[C@H](O)[C@H](O)[C@H](O)CO. The van der Waals surface area contributed by atoms with Gasteiger partial charge in [-0.15, -0.1) is 0 Å². The van der Waals surface area contributed by atoms with E-state index in [1.165, 1.54) is 0 Å². The summed E-state index contributed by atoms with van der Waals surface area (Å²) >= 11 is 0. The van der Waals surface area contributed by atoms with Crippen LogP contribution in [0, 0.1) is 0 Å². The molecule has 0 spiro atoms. The van der Waals surface area contributed by atoms with E-state index < -0.39 is 49.8 Å². The smallest absolute Gasteiger partial charge is 0.111 e. The largest absolute Gasteiger partial charge is 0.394 e. The molecule has 0 heterocycles. The molecule has 0 aromatic carbocycles. The average Bonchev–Trinajstić information content (AvgIpc) is 2.32. The van der Waals surface area contributed by atoms with E-state index in [4.69, 9.17) is 20.4 Å². The zero-order chi connectivity index (χ0) is 12.9. The summed E-state index contributed by atoms with van der Waals surface area (Å²) in [5, 5.41) is 71.8. The fraction of sp³-hybridized carbons (Fsp3) is 1.00. The molecule has 0 bridgehead atoms. The predicted octanol–water partition coefficient (Wildman–Crippen LogP) is -4.86. The number of hydrogen-bond donors (Lipinski definition) is 8. The average molecular weight is 242 g/mol. The molecule has 0 fully saturated rings. The standard InChI is InChI=1S/C8H18O8/c9-1-3(11)5(13)7(15)8(16)6(14)4(12)2-10/h3-16H,1-2H2/t3-,4-,5-,6+,7-,8+/m1/s1. The van der Waals surface area contributed by atoms with E-state index in [-0.39, 0.29) is 0 Å². The Bertz CT molecular complexity index is 169. The Morgan fingerprint density at radius 3 is 0.938 bits per heavy atom. The summed E-state index contributed by atoms with van der Waals surface area (Å²) in [4.78, 5) is 0. The lowest BCUT2D eigenvalue weighted by Gasteiger charge is -2.29. The van der Waals surface area contributed by atoms with E-state index >= 15 is 0 Å². The highest BCUT2D eigenvalue weighted by Crippen LogP contribution is 2.10. The molecule has 0 aliphatic heterocycles. The molecule has 6 atom stereocenters. The molecule has 8 heteroatoms. The zero-order valence-corrected chi connectivity index (χ0v) is 8.46. The maximum Gasteiger partial charge on any atom is 0.111 e. The van der Waals surface area contributed by atoms with Gasteiger partial charge in [-0.25, -0.2) is 0 Å². The molecule has 16 heavy (non-hydrogen) atoms. The molecule has 0 rings (SSSR count). The van der Waals surface area contributed by atoms with Crippen LogP contribution >= 0.6 is 0 Å². The van der Waals surface area contributed by atoms with Crippen molar-refractivity contribution >= 4 is 0 Å². The van der Waals surface area contributed by atoms with E-state index in [0.29, 0.717) is 0 Å². The van der Waals surface area contributed by atoms with Gasteiger partial charge in [0.1, 0.15) is 36.6 Å². The van der Waals surface area contributed by atoms with E-state index in [1.807, 2.05) is 0 Å². The second kappa shape index (κ2) is 7.09. The van der Waals surface area contributed by atoms with Gasteiger partial charge in [0.05, 0.1) is 13.2 Å². The molecule has 0 aromatic heterocycles. The molecule has 8 nitrogen and oxygen atoms in total. The minimum absolute atomic E-state index is 0.844. The van der Waals surface area contributed by atoms with Crippen molar-refractivity contribution in [2.24, 2.45) is 0 Å². The van der Waals surface area contributed by atoms with E-state index in [1.54, 1.807) is 0 Å². The number of aliphatic hydroxyl groups excluding tert-OH is 8. The molecule has 0 amide bonds. The highest BCUT2D eigenvalue weighted by molar-refractivity contribution is 4.87. The van der Waals surface area contributed by atoms with Crippen LogP contribution < -0.4 is 0 Å². The van der Waals surface area contributed by atoms with E-state index in [0.717, 1.165) is 0 Å². The van der Waals surface area contributed by atoms with Gasteiger partial charge in [-0.3, -0.25) is 0 Å². The summed E-state index contributed by atoms with van der Waals surface area (Å²) < 4.78 is 0. The molecule has 0 aromatic rings. The lowest BCUT2D eigenvalue weighted by atomic mass is 9.97. The van der Waals surface area contributed by atoms with E-state index in [9.17, 15) is 20.4 Å². The number of hydrogen-bond acceptors (Lipinski definition) is 8. The molecular weight excluding hydrogens is 224 g/mol. The van der Waals surface area contributed by atoms with Crippen LogP contribution in [0.25, 0.3) is 0 Å². The van der Waals surface area contributed by atoms with Gasteiger partial charge in [-0.1, -0.05) is 0 Å². The molecule has 0 unspecified atom stereocenters. The van der Waals surface area contributed by atoms with Gasteiger partial charge < -0.3 is 40.9 Å². The normalized spacial score (nSPS) is 23.2. The Balaban J connectivity index is 4.41. The van der Waals surface area contributed by atoms with Crippen molar-refractivity contribution < 1.29 is 40.9 Å². The summed E-state index contributed by atoms with van der Waals surface area (Å²) in [6, 6.07) is 0. The summed E-state index contributed by atoms with van der Waals surface area (Å²) in [5.74, 6) is 0. The Hall–Kier alpha value is -0.320. The second-order valence-corrected chi connectivity index (χ2v) is 3.46. The molecule has 8 N–H and O–H groups in total. The van der Waals surface area contributed by atoms with Crippen LogP contribution in [0.2, 0.25) is 0 Å². The minimum Gasteiger partial charge on any atom is -0.394 e. The zero-order valence-electron chi connectivity index (χ0n) is 8.46. The Morgan fingerprint density at radius 2 is 0.750 bits per heavy atom. The van der Waals surface area contributed by atoms with Gasteiger partial charge in [0.25, 0.3) is 0 Å². The van der Waals surface area contributed by atoms with Crippen LogP contribution in [0.4, 0.5) is 0 Å². The maximum absolute atomic E-state index is 9.28. The monoisotopic (exact) mass is 242 g/mol. The molecule has 0 saturated heterocycles. The van der Waals surface area contributed by atoms with Crippen molar-refractivity contribution in [1.82, 2.24) is 0 Å². The molecule has 98 valence electrons. The van der Waals surface area contributed by atoms with Gasteiger partial charge in [-0.05, 0) is 0 Å². The Kier molecular flexibility index (Phi) is 6.95. The van der Waals surface area contributed by atoms with Crippen LogP contribution in [0.3, 0.4) is 0 Å². The van der Waals surface area contributed by atoms with Gasteiger partial charge in [0.15, 0.2) is 0 Å². The molecule has 0 saturated carbocycles. The van der Waals surface area contributed by atoms with Crippen LogP contribution in [-0.4, -0.2) is 90.7 Å². The lowest BCUT2D eigenvalue weighted by molar-refractivity contribution is -0.161. The number of rotatable bonds is 7.